The molecule has 1 aromatic carbocycles. The van der Waals surface area contributed by atoms with Crippen LogP contribution >= 0.6 is 39.1 Å². The number of rotatable bonds is 5. The lowest BCUT2D eigenvalue weighted by molar-refractivity contribution is 0.444. The fraction of sp³-hybridized carbons (Fsp3) is 0.364. The van der Waals surface area contributed by atoms with E-state index in [9.17, 15) is 8.42 Å². The molecule has 1 rings (SSSR count). The van der Waals surface area contributed by atoms with Crippen LogP contribution in [0.15, 0.2) is 21.5 Å². The van der Waals surface area contributed by atoms with E-state index in [-0.39, 0.29) is 28.0 Å². The summed E-state index contributed by atoms with van der Waals surface area (Å²) < 4.78 is 26.6. The van der Waals surface area contributed by atoms with Gasteiger partial charge in [-0.05, 0) is 18.6 Å². The van der Waals surface area contributed by atoms with E-state index in [4.69, 9.17) is 28.5 Å². The minimum absolute atomic E-state index is 0.0263. The predicted molar refractivity (Wildman–Crippen MR) is 78.8 cm³/mol. The van der Waals surface area contributed by atoms with Crippen molar-refractivity contribution in [2.24, 2.45) is 0 Å². The monoisotopic (exact) mass is 384 g/mol. The molecular weight excluding hydrogens is 375 g/mol. The molecule has 19 heavy (non-hydrogen) atoms. The van der Waals surface area contributed by atoms with Crippen LogP contribution in [0.4, 0.5) is 0 Å². The zero-order chi connectivity index (χ0) is 14.6. The van der Waals surface area contributed by atoms with Crippen molar-refractivity contribution in [1.29, 1.82) is 5.26 Å². The van der Waals surface area contributed by atoms with E-state index in [1.54, 1.807) is 0 Å². The number of benzene rings is 1. The van der Waals surface area contributed by atoms with E-state index in [0.717, 1.165) is 4.31 Å². The first-order chi connectivity index (χ1) is 8.84. The molecule has 0 atom stereocenters. The second-order valence-electron chi connectivity index (χ2n) is 3.70. The zero-order valence-corrected chi connectivity index (χ0v) is 13.9. The van der Waals surface area contributed by atoms with Crippen molar-refractivity contribution in [3.05, 3.63) is 26.7 Å². The largest absolute Gasteiger partial charge is 0.246 e. The molecule has 0 bridgehead atoms. The van der Waals surface area contributed by atoms with Crippen molar-refractivity contribution in [3.63, 3.8) is 0 Å². The van der Waals surface area contributed by atoms with Gasteiger partial charge in [-0.2, -0.15) is 9.57 Å². The van der Waals surface area contributed by atoms with Gasteiger partial charge in [-0.25, -0.2) is 8.42 Å². The summed E-state index contributed by atoms with van der Waals surface area (Å²) >= 11 is 15.1. The molecule has 0 N–H and O–H groups in total. The Morgan fingerprint density at radius 3 is 2.32 bits per heavy atom. The first-order valence-corrected chi connectivity index (χ1v) is 8.35. The van der Waals surface area contributed by atoms with Crippen LogP contribution < -0.4 is 0 Å². The van der Waals surface area contributed by atoms with Crippen LogP contribution in [0.5, 0.6) is 0 Å². The van der Waals surface area contributed by atoms with Gasteiger partial charge in [0.2, 0.25) is 10.0 Å². The van der Waals surface area contributed by atoms with E-state index in [1.807, 2.05) is 13.0 Å². The molecular formula is C11H11BrCl2N2O2S. The summed E-state index contributed by atoms with van der Waals surface area (Å²) in [5, 5.41) is 8.78. The molecule has 0 spiro atoms. The molecule has 1 aromatic rings. The van der Waals surface area contributed by atoms with E-state index in [0.29, 0.717) is 10.9 Å². The maximum Gasteiger partial charge on any atom is 0.246 e. The Bertz CT molecular complexity index is 591. The van der Waals surface area contributed by atoms with Gasteiger partial charge in [0.1, 0.15) is 11.4 Å². The van der Waals surface area contributed by atoms with Crippen molar-refractivity contribution in [3.8, 4) is 6.07 Å². The number of hydrogen-bond acceptors (Lipinski definition) is 3. The Labute approximate surface area is 131 Å². The van der Waals surface area contributed by atoms with E-state index >= 15 is 0 Å². The van der Waals surface area contributed by atoms with Gasteiger partial charge in [0.25, 0.3) is 0 Å². The number of halogens is 3. The molecule has 0 saturated carbocycles. The molecule has 0 unspecified atom stereocenters. The van der Waals surface area contributed by atoms with Gasteiger partial charge in [-0.15, -0.1) is 0 Å². The fourth-order valence-corrected chi connectivity index (χ4v) is 4.83. The Hall–Kier alpha value is -0.320. The van der Waals surface area contributed by atoms with Crippen LogP contribution in [0.3, 0.4) is 0 Å². The summed E-state index contributed by atoms with van der Waals surface area (Å²) in [6.45, 7) is 1.82. The molecule has 0 aromatic heterocycles. The lowest BCUT2D eigenvalue weighted by Gasteiger charge is -2.20. The van der Waals surface area contributed by atoms with Gasteiger partial charge >= 0.3 is 0 Å². The molecule has 0 radical (unpaired) electrons. The Balaban J connectivity index is 3.38. The first kappa shape index (κ1) is 16.7. The summed E-state index contributed by atoms with van der Waals surface area (Å²) in [7, 11) is -3.88. The topological polar surface area (TPSA) is 61.2 Å². The van der Waals surface area contributed by atoms with Gasteiger partial charge in [-0.3, -0.25) is 0 Å². The van der Waals surface area contributed by atoms with Gasteiger partial charge in [0, 0.05) is 11.0 Å². The minimum Gasteiger partial charge on any atom is -0.207 e. The van der Waals surface area contributed by atoms with Gasteiger partial charge < -0.3 is 0 Å². The number of nitriles is 1. The van der Waals surface area contributed by atoms with Crippen molar-refractivity contribution < 1.29 is 8.42 Å². The van der Waals surface area contributed by atoms with Gasteiger partial charge in [0.15, 0.2) is 0 Å². The molecule has 4 nitrogen and oxygen atoms in total. The van der Waals surface area contributed by atoms with Crippen LogP contribution in [-0.4, -0.2) is 25.8 Å². The lowest BCUT2D eigenvalue weighted by atomic mass is 10.4. The molecule has 0 fully saturated rings. The number of nitrogens with zero attached hydrogens (tertiary/aromatic N) is 2. The molecule has 0 saturated heterocycles. The van der Waals surface area contributed by atoms with Gasteiger partial charge in [0.05, 0.1) is 16.1 Å². The van der Waals surface area contributed by atoms with E-state index in [1.165, 1.54) is 12.1 Å². The predicted octanol–water partition coefficient (Wildman–Crippen LogP) is 3.68. The molecule has 0 aliphatic carbocycles. The first-order valence-electron chi connectivity index (χ1n) is 5.36. The number of hydrogen-bond donors (Lipinski definition) is 0. The summed E-state index contributed by atoms with van der Waals surface area (Å²) in [5.41, 5.74) is 0. The Morgan fingerprint density at radius 2 is 1.89 bits per heavy atom. The highest BCUT2D eigenvalue weighted by molar-refractivity contribution is 9.10. The average molecular weight is 386 g/mol. The highest BCUT2D eigenvalue weighted by Gasteiger charge is 2.28. The second-order valence-corrected chi connectivity index (χ2v) is 7.30. The SMILES string of the molecule is CCCN(CC#N)S(=O)(=O)c1c(Cl)cc(Br)cc1Cl. The second kappa shape index (κ2) is 6.91. The number of sulfonamides is 1. The van der Waals surface area contributed by atoms with Crippen LogP contribution in [0.2, 0.25) is 10.0 Å². The Kier molecular flexibility index (Phi) is 6.09. The summed E-state index contributed by atoms with van der Waals surface area (Å²) in [6, 6.07) is 4.74. The molecule has 0 amide bonds. The van der Waals surface area contributed by atoms with Crippen LogP contribution in [0.25, 0.3) is 0 Å². The Morgan fingerprint density at radius 1 is 1.37 bits per heavy atom. The average Bonchev–Trinajstić information content (AvgIpc) is 2.26. The summed E-state index contributed by atoms with van der Waals surface area (Å²) in [5.74, 6) is 0. The minimum atomic E-state index is -3.88. The summed E-state index contributed by atoms with van der Waals surface area (Å²) in [6.07, 6.45) is 0.590. The smallest absolute Gasteiger partial charge is 0.207 e. The summed E-state index contributed by atoms with van der Waals surface area (Å²) in [4.78, 5) is -0.164. The normalized spacial score (nSPS) is 11.6. The molecule has 0 heterocycles. The molecule has 104 valence electrons. The van der Waals surface area contributed by atoms with Crippen LogP contribution in [-0.2, 0) is 10.0 Å². The van der Waals surface area contributed by atoms with E-state index < -0.39 is 10.0 Å². The highest BCUT2D eigenvalue weighted by atomic mass is 79.9. The third-order valence-electron chi connectivity index (χ3n) is 2.28. The zero-order valence-electron chi connectivity index (χ0n) is 10.0. The third-order valence-corrected chi connectivity index (χ3v) is 5.51. The van der Waals surface area contributed by atoms with Crippen LogP contribution in [0, 0.1) is 11.3 Å². The van der Waals surface area contributed by atoms with Crippen molar-refractivity contribution >= 4 is 49.2 Å². The van der Waals surface area contributed by atoms with E-state index in [2.05, 4.69) is 15.9 Å². The quantitative estimate of drug-likeness (QED) is 0.726. The van der Waals surface area contributed by atoms with Crippen molar-refractivity contribution in [1.82, 2.24) is 4.31 Å². The maximum atomic E-state index is 12.5. The lowest BCUT2D eigenvalue weighted by Crippen LogP contribution is -2.32. The molecule has 8 heteroatoms. The standard InChI is InChI=1S/C11H11BrCl2N2O2S/c1-2-4-16(5-3-15)19(17,18)11-9(13)6-8(12)7-10(11)14/h6-7H,2,4-5H2,1H3. The molecule has 0 aliphatic rings. The molecule has 0 aliphatic heterocycles. The van der Waals surface area contributed by atoms with Gasteiger partial charge in [-0.1, -0.05) is 46.1 Å². The third kappa shape index (κ3) is 3.83. The highest BCUT2D eigenvalue weighted by Crippen LogP contribution is 2.34. The van der Waals surface area contributed by atoms with Crippen molar-refractivity contribution in [2.75, 3.05) is 13.1 Å². The fourth-order valence-electron chi connectivity index (χ4n) is 1.52. The van der Waals surface area contributed by atoms with Crippen molar-refractivity contribution in [2.45, 2.75) is 18.2 Å². The maximum absolute atomic E-state index is 12.5. The van der Waals surface area contributed by atoms with Crippen LogP contribution in [0.1, 0.15) is 13.3 Å².